The molecular formula is C19H25FN4O3S. The molecule has 3 rings (SSSR count). The number of sulfonamides is 1. The summed E-state index contributed by atoms with van der Waals surface area (Å²) >= 11 is 0. The number of hydrogen-bond donors (Lipinski definition) is 1. The van der Waals surface area contributed by atoms with Crippen molar-refractivity contribution in [3.05, 3.63) is 54.0 Å². The van der Waals surface area contributed by atoms with Gasteiger partial charge in [0.1, 0.15) is 16.5 Å². The summed E-state index contributed by atoms with van der Waals surface area (Å²) in [5, 5.41) is 3.20. The first-order chi connectivity index (χ1) is 13.4. The second-order valence-electron chi connectivity index (χ2n) is 6.81. The van der Waals surface area contributed by atoms with Gasteiger partial charge in [-0.05, 0) is 43.9 Å². The maximum Gasteiger partial charge on any atom is 0.244 e. The molecule has 0 spiro atoms. The van der Waals surface area contributed by atoms with Crippen molar-refractivity contribution in [2.45, 2.75) is 10.9 Å². The van der Waals surface area contributed by atoms with Crippen molar-refractivity contribution in [2.75, 3.05) is 52.3 Å². The predicted octanol–water partition coefficient (Wildman–Crippen LogP) is 1.96. The van der Waals surface area contributed by atoms with Gasteiger partial charge in [0, 0.05) is 25.8 Å². The van der Waals surface area contributed by atoms with E-state index in [1.807, 2.05) is 25.1 Å². The molecule has 0 unspecified atom stereocenters. The molecule has 0 bridgehead atoms. The van der Waals surface area contributed by atoms with Gasteiger partial charge in [0.2, 0.25) is 10.0 Å². The van der Waals surface area contributed by atoms with Gasteiger partial charge in [-0.15, -0.1) is 0 Å². The fourth-order valence-corrected chi connectivity index (χ4v) is 4.44. The molecule has 28 heavy (non-hydrogen) atoms. The van der Waals surface area contributed by atoms with Gasteiger partial charge in [-0.25, -0.2) is 17.8 Å². The number of halogens is 1. The fraction of sp³-hybridized carbons (Fsp3) is 0.421. The summed E-state index contributed by atoms with van der Waals surface area (Å²) in [6, 6.07) is 9.62. The van der Waals surface area contributed by atoms with Crippen LogP contribution < -0.4 is 5.32 Å². The smallest absolute Gasteiger partial charge is 0.244 e. The minimum absolute atomic E-state index is 0.0609. The minimum Gasteiger partial charge on any atom is -0.379 e. The summed E-state index contributed by atoms with van der Waals surface area (Å²) in [6.45, 7) is 2.00. The molecule has 0 aliphatic carbocycles. The van der Waals surface area contributed by atoms with Crippen LogP contribution in [-0.4, -0.2) is 69.6 Å². The van der Waals surface area contributed by atoms with Crippen molar-refractivity contribution in [3.63, 3.8) is 0 Å². The Morgan fingerprint density at radius 1 is 1.25 bits per heavy atom. The SMILES string of the molecule is CN(C)[C@H](CNc1ccc(S(=O)(=O)N2CCOCC2)cn1)c1cccc(F)c1. The van der Waals surface area contributed by atoms with Gasteiger partial charge in [0.15, 0.2) is 0 Å². The number of hydrogen-bond acceptors (Lipinski definition) is 6. The molecule has 7 nitrogen and oxygen atoms in total. The van der Waals surface area contributed by atoms with Crippen LogP contribution in [0.15, 0.2) is 47.5 Å². The summed E-state index contributed by atoms with van der Waals surface area (Å²) in [5.41, 5.74) is 0.851. The van der Waals surface area contributed by atoms with Gasteiger partial charge in [-0.2, -0.15) is 4.31 Å². The zero-order valence-corrected chi connectivity index (χ0v) is 16.8. The molecule has 9 heteroatoms. The van der Waals surface area contributed by atoms with Gasteiger partial charge in [0.05, 0.1) is 19.3 Å². The predicted molar refractivity (Wildman–Crippen MR) is 105 cm³/mol. The van der Waals surface area contributed by atoms with Crippen molar-refractivity contribution in [3.8, 4) is 0 Å². The highest BCUT2D eigenvalue weighted by atomic mass is 32.2. The number of nitrogens with zero attached hydrogens (tertiary/aromatic N) is 3. The number of anilines is 1. The van der Waals surface area contributed by atoms with Crippen LogP contribution in [-0.2, 0) is 14.8 Å². The molecule has 1 aromatic carbocycles. The first-order valence-corrected chi connectivity index (χ1v) is 10.5. The van der Waals surface area contributed by atoms with E-state index in [9.17, 15) is 12.8 Å². The zero-order chi connectivity index (χ0) is 20.1. The number of aromatic nitrogens is 1. The van der Waals surface area contributed by atoms with E-state index >= 15 is 0 Å². The lowest BCUT2D eigenvalue weighted by Crippen LogP contribution is -2.40. The molecule has 1 atom stereocenters. The van der Waals surface area contributed by atoms with E-state index in [2.05, 4.69) is 10.3 Å². The molecule has 0 amide bonds. The largest absolute Gasteiger partial charge is 0.379 e. The van der Waals surface area contributed by atoms with Crippen molar-refractivity contribution in [2.24, 2.45) is 0 Å². The molecule has 152 valence electrons. The number of benzene rings is 1. The first-order valence-electron chi connectivity index (χ1n) is 9.07. The Kier molecular flexibility index (Phi) is 6.61. The van der Waals surface area contributed by atoms with Crippen LogP contribution >= 0.6 is 0 Å². The molecule has 1 saturated heterocycles. The van der Waals surface area contributed by atoms with Crippen molar-refractivity contribution in [1.82, 2.24) is 14.2 Å². The topological polar surface area (TPSA) is 74.8 Å². The molecule has 2 aromatic rings. The number of ether oxygens (including phenoxy) is 1. The van der Waals surface area contributed by atoms with E-state index in [-0.39, 0.29) is 16.8 Å². The van der Waals surface area contributed by atoms with Gasteiger partial charge in [-0.1, -0.05) is 12.1 Å². The first kappa shape index (κ1) is 20.7. The summed E-state index contributed by atoms with van der Waals surface area (Å²) in [5.74, 6) is 0.282. The van der Waals surface area contributed by atoms with E-state index in [0.29, 0.717) is 38.7 Å². The Labute approximate surface area is 165 Å². The Balaban J connectivity index is 1.68. The third-order valence-corrected chi connectivity index (χ3v) is 6.56. The van der Waals surface area contributed by atoms with Crippen LogP contribution in [0.3, 0.4) is 0 Å². The lowest BCUT2D eigenvalue weighted by atomic mass is 10.1. The third-order valence-electron chi connectivity index (χ3n) is 4.68. The Bertz CT molecular complexity index is 884. The number of nitrogens with one attached hydrogen (secondary N) is 1. The maximum atomic E-state index is 13.5. The average Bonchev–Trinajstić information content (AvgIpc) is 2.69. The highest BCUT2D eigenvalue weighted by molar-refractivity contribution is 7.89. The van der Waals surface area contributed by atoms with E-state index in [1.54, 1.807) is 18.2 Å². The van der Waals surface area contributed by atoms with E-state index in [1.165, 1.54) is 22.6 Å². The zero-order valence-electron chi connectivity index (χ0n) is 16.0. The second-order valence-corrected chi connectivity index (χ2v) is 8.75. The van der Waals surface area contributed by atoms with Crippen LogP contribution in [0.25, 0.3) is 0 Å². The summed E-state index contributed by atoms with van der Waals surface area (Å²) in [7, 11) is 0.281. The fourth-order valence-electron chi connectivity index (χ4n) is 3.09. The Morgan fingerprint density at radius 2 is 2.00 bits per heavy atom. The monoisotopic (exact) mass is 408 g/mol. The van der Waals surface area contributed by atoms with Crippen molar-refractivity contribution < 1.29 is 17.5 Å². The third kappa shape index (κ3) is 4.85. The van der Waals surface area contributed by atoms with Crippen LogP contribution in [0.2, 0.25) is 0 Å². The average molecular weight is 408 g/mol. The molecule has 1 aromatic heterocycles. The van der Waals surface area contributed by atoms with E-state index in [4.69, 9.17) is 4.74 Å². The number of rotatable bonds is 7. The van der Waals surface area contributed by atoms with Gasteiger partial charge in [-0.3, -0.25) is 0 Å². The highest BCUT2D eigenvalue weighted by Crippen LogP contribution is 2.21. The summed E-state index contributed by atoms with van der Waals surface area (Å²) in [4.78, 5) is 6.39. The molecule has 0 saturated carbocycles. The van der Waals surface area contributed by atoms with Crippen molar-refractivity contribution >= 4 is 15.8 Å². The van der Waals surface area contributed by atoms with Crippen molar-refractivity contribution in [1.29, 1.82) is 0 Å². The molecule has 0 radical (unpaired) electrons. The van der Waals surface area contributed by atoms with Crippen LogP contribution in [0.4, 0.5) is 10.2 Å². The molecule has 1 aliphatic rings. The highest BCUT2D eigenvalue weighted by Gasteiger charge is 2.26. The molecular weight excluding hydrogens is 383 g/mol. The molecule has 1 fully saturated rings. The number of pyridine rings is 1. The minimum atomic E-state index is -3.56. The molecule has 1 N–H and O–H groups in total. The van der Waals surface area contributed by atoms with E-state index < -0.39 is 10.0 Å². The van der Waals surface area contributed by atoms with Crippen LogP contribution in [0.5, 0.6) is 0 Å². The van der Waals surface area contributed by atoms with Crippen LogP contribution in [0, 0.1) is 5.82 Å². The Hall–Kier alpha value is -2.07. The standard InChI is InChI=1S/C19H25FN4O3S/c1-23(2)18(15-4-3-5-16(20)12-15)14-22-19-7-6-17(13-21-19)28(25,26)24-8-10-27-11-9-24/h3-7,12-13,18H,8-11,14H2,1-2H3,(H,21,22)/t18-/m1/s1. The number of likely N-dealkylation sites (N-methyl/N-ethyl adjacent to an activating group) is 1. The summed E-state index contributed by atoms with van der Waals surface area (Å²) in [6.07, 6.45) is 1.36. The second kappa shape index (κ2) is 8.95. The lowest BCUT2D eigenvalue weighted by Gasteiger charge is -2.26. The maximum absolute atomic E-state index is 13.5. The quantitative estimate of drug-likeness (QED) is 0.755. The summed E-state index contributed by atoms with van der Waals surface area (Å²) < 4.78 is 45.4. The number of morpholine rings is 1. The van der Waals surface area contributed by atoms with Gasteiger partial charge in [0.25, 0.3) is 0 Å². The van der Waals surface area contributed by atoms with Gasteiger partial charge < -0.3 is 15.0 Å². The lowest BCUT2D eigenvalue weighted by molar-refractivity contribution is 0.0730. The molecule has 2 heterocycles. The van der Waals surface area contributed by atoms with E-state index in [0.717, 1.165) is 5.56 Å². The molecule has 1 aliphatic heterocycles. The Morgan fingerprint density at radius 3 is 2.61 bits per heavy atom. The van der Waals surface area contributed by atoms with Crippen LogP contribution in [0.1, 0.15) is 11.6 Å². The van der Waals surface area contributed by atoms with Gasteiger partial charge >= 0.3 is 0 Å². The normalized spacial score (nSPS) is 16.9.